The van der Waals surface area contributed by atoms with Crippen LogP contribution in [0.1, 0.15) is 44.3 Å². The molecule has 3 heteroatoms. The predicted octanol–water partition coefficient (Wildman–Crippen LogP) is 3.05. The van der Waals surface area contributed by atoms with Crippen LogP contribution in [0.5, 0.6) is 0 Å². The molecule has 1 atom stereocenters. The lowest BCUT2D eigenvalue weighted by molar-refractivity contribution is 0.199. The van der Waals surface area contributed by atoms with Crippen molar-refractivity contribution in [2.75, 3.05) is 37.6 Å². The third-order valence-corrected chi connectivity index (χ3v) is 5.06. The molecule has 3 nitrogen and oxygen atoms in total. The van der Waals surface area contributed by atoms with Crippen molar-refractivity contribution >= 4 is 5.69 Å². The number of rotatable bonds is 4. The van der Waals surface area contributed by atoms with Crippen molar-refractivity contribution in [3.05, 3.63) is 29.8 Å². The van der Waals surface area contributed by atoms with Crippen LogP contribution < -0.4 is 4.90 Å². The second kappa shape index (κ2) is 6.80. The van der Waals surface area contributed by atoms with Crippen LogP contribution in [-0.2, 0) is 0 Å². The lowest BCUT2D eigenvalue weighted by Crippen LogP contribution is -2.38. The third kappa shape index (κ3) is 3.58. The minimum absolute atomic E-state index is 0.386. The van der Waals surface area contributed by atoms with E-state index in [0.717, 1.165) is 24.6 Å². The van der Waals surface area contributed by atoms with E-state index in [1.165, 1.54) is 51.0 Å². The second-order valence-electron chi connectivity index (χ2n) is 6.67. The molecule has 2 heterocycles. The summed E-state index contributed by atoms with van der Waals surface area (Å²) in [5, 5.41) is 9.94. The van der Waals surface area contributed by atoms with Crippen molar-refractivity contribution in [1.82, 2.24) is 4.90 Å². The smallest absolute Gasteiger partial charge is 0.0781 e. The quantitative estimate of drug-likeness (QED) is 0.922. The molecule has 116 valence electrons. The average molecular weight is 288 g/mol. The fourth-order valence-electron chi connectivity index (χ4n) is 3.82. The average Bonchev–Trinajstić information content (AvgIpc) is 3.01. The molecule has 2 aliphatic heterocycles. The standard InChI is InChI=1S/C18H28N2O/c1-15(21)17-6-2-3-7-18(17)20-12-8-16(9-13-20)14-19-10-4-5-11-19/h2-3,6-7,15-16,21H,4-5,8-14H2,1H3/t15-/m0/s1. The number of likely N-dealkylation sites (tertiary alicyclic amines) is 1. The topological polar surface area (TPSA) is 26.7 Å². The molecular formula is C18H28N2O. The number of para-hydroxylation sites is 1. The van der Waals surface area contributed by atoms with Crippen LogP contribution >= 0.6 is 0 Å². The maximum Gasteiger partial charge on any atom is 0.0781 e. The fourth-order valence-corrected chi connectivity index (χ4v) is 3.82. The van der Waals surface area contributed by atoms with Gasteiger partial charge >= 0.3 is 0 Å². The Morgan fingerprint density at radius 1 is 1.10 bits per heavy atom. The number of nitrogens with zero attached hydrogens (tertiary/aromatic N) is 2. The molecule has 0 bridgehead atoms. The number of hydrogen-bond donors (Lipinski definition) is 1. The van der Waals surface area contributed by atoms with Gasteiger partial charge in [0, 0.05) is 30.9 Å². The molecule has 0 unspecified atom stereocenters. The van der Waals surface area contributed by atoms with Crippen molar-refractivity contribution in [2.45, 2.75) is 38.7 Å². The van der Waals surface area contributed by atoms with Gasteiger partial charge < -0.3 is 14.9 Å². The molecule has 1 aromatic rings. The van der Waals surface area contributed by atoms with Gasteiger partial charge in [0.15, 0.2) is 0 Å². The van der Waals surface area contributed by atoms with Crippen LogP contribution in [-0.4, -0.2) is 42.7 Å². The molecule has 0 radical (unpaired) electrons. The minimum Gasteiger partial charge on any atom is -0.389 e. The van der Waals surface area contributed by atoms with E-state index < -0.39 is 0 Å². The van der Waals surface area contributed by atoms with E-state index in [1.807, 2.05) is 13.0 Å². The third-order valence-electron chi connectivity index (χ3n) is 5.06. The molecule has 2 saturated heterocycles. The van der Waals surface area contributed by atoms with E-state index in [9.17, 15) is 5.11 Å². The molecule has 1 aromatic carbocycles. The first-order valence-electron chi connectivity index (χ1n) is 8.48. The van der Waals surface area contributed by atoms with Gasteiger partial charge in [0.05, 0.1) is 6.10 Å². The molecule has 3 rings (SSSR count). The summed E-state index contributed by atoms with van der Waals surface area (Å²) in [6, 6.07) is 8.31. The zero-order valence-electron chi connectivity index (χ0n) is 13.2. The SMILES string of the molecule is C[C@H](O)c1ccccc1N1CCC(CN2CCCC2)CC1. The van der Waals surface area contributed by atoms with Crippen molar-refractivity contribution in [3.8, 4) is 0 Å². The molecule has 21 heavy (non-hydrogen) atoms. The van der Waals surface area contributed by atoms with E-state index in [2.05, 4.69) is 28.0 Å². The first-order chi connectivity index (χ1) is 10.2. The van der Waals surface area contributed by atoms with Gasteiger partial charge in [-0.15, -0.1) is 0 Å². The number of aliphatic hydroxyl groups excluding tert-OH is 1. The van der Waals surface area contributed by atoms with Crippen LogP contribution in [0.4, 0.5) is 5.69 Å². The van der Waals surface area contributed by atoms with Gasteiger partial charge in [0.2, 0.25) is 0 Å². The zero-order chi connectivity index (χ0) is 14.7. The van der Waals surface area contributed by atoms with Gasteiger partial charge in [-0.2, -0.15) is 0 Å². The fraction of sp³-hybridized carbons (Fsp3) is 0.667. The van der Waals surface area contributed by atoms with Gasteiger partial charge in [0.1, 0.15) is 0 Å². The first-order valence-corrected chi connectivity index (χ1v) is 8.48. The van der Waals surface area contributed by atoms with Gasteiger partial charge in [-0.05, 0) is 57.7 Å². The van der Waals surface area contributed by atoms with Crippen molar-refractivity contribution in [3.63, 3.8) is 0 Å². The summed E-state index contributed by atoms with van der Waals surface area (Å²) in [4.78, 5) is 5.10. The molecule has 0 aromatic heterocycles. The van der Waals surface area contributed by atoms with Crippen LogP contribution in [0.15, 0.2) is 24.3 Å². The predicted molar refractivity (Wildman–Crippen MR) is 87.7 cm³/mol. The summed E-state index contributed by atoms with van der Waals surface area (Å²) in [6.45, 7) is 8.03. The van der Waals surface area contributed by atoms with Crippen molar-refractivity contribution < 1.29 is 5.11 Å². The summed E-state index contributed by atoms with van der Waals surface area (Å²) in [5.41, 5.74) is 2.29. The highest BCUT2D eigenvalue weighted by molar-refractivity contribution is 5.54. The Morgan fingerprint density at radius 2 is 1.76 bits per heavy atom. The van der Waals surface area contributed by atoms with E-state index in [0.29, 0.717) is 0 Å². The summed E-state index contributed by atoms with van der Waals surface area (Å²) < 4.78 is 0. The van der Waals surface area contributed by atoms with E-state index >= 15 is 0 Å². The molecule has 0 amide bonds. The molecular weight excluding hydrogens is 260 g/mol. The monoisotopic (exact) mass is 288 g/mol. The van der Waals surface area contributed by atoms with Crippen LogP contribution in [0.25, 0.3) is 0 Å². The number of hydrogen-bond acceptors (Lipinski definition) is 3. The maximum atomic E-state index is 9.94. The Bertz CT molecular complexity index is 446. The number of anilines is 1. The van der Waals surface area contributed by atoms with Crippen LogP contribution in [0, 0.1) is 5.92 Å². The second-order valence-corrected chi connectivity index (χ2v) is 6.67. The summed E-state index contributed by atoms with van der Waals surface area (Å²) in [5.74, 6) is 0.859. The Balaban J connectivity index is 1.58. The van der Waals surface area contributed by atoms with E-state index in [-0.39, 0.29) is 6.10 Å². The van der Waals surface area contributed by atoms with Crippen LogP contribution in [0.3, 0.4) is 0 Å². The Hall–Kier alpha value is -1.06. The van der Waals surface area contributed by atoms with Gasteiger partial charge in [0.25, 0.3) is 0 Å². The lowest BCUT2D eigenvalue weighted by Gasteiger charge is -2.36. The highest BCUT2D eigenvalue weighted by atomic mass is 16.3. The first kappa shape index (κ1) is 14.9. The van der Waals surface area contributed by atoms with Gasteiger partial charge in [-0.1, -0.05) is 18.2 Å². The Morgan fingerprint density at radius 3 is 2.43 bits per heavy atom. The zero-order valence-corrected chi connectivity index (χ0v) is 13.2. The molecule has 0 spiro atoms. The van der Waals surface area contributed by atoms with Crippen LogP contribution in [0.2, 0.25) is 0 Å². The lowest BCUT2D eigenvalue weighted by atomic mass is 9.95. The van der Waals surface area contributed by atoms with E-state index in [4.69, 9.17) is 0 Å². The van der Waals surface area contributed by atoms with Crippen molar-refractivity contribution in [1.29, 1.82) is 0 Å². The molecule has 0 aliphatic carbocycles. The number of piperidine rings is 1. The largest absolute Gasteiger partial charge is 0.389 e. The molecule has 0 saturated carbocycles. The number of aliphatic hydroxyl groups is 1. The van der Waals surface area contributed by atoms with E-state index in [1.54, 1.807) is 0 Å². The summed E-state index contributed by atoms with van der Waals surface area (Å²) in [7, 11) is 0. The highest BCUT2D eigenvalue weighted by Crippen LogP contribution is 2.30. The highest BCUT2D eigenvalue weighted by Gasteiger charge is 2.24. The Kier molecular flexibility index (Phi) is 4.81. The van der Waals surface area contributed by atoms with Crippen molar-refractivity contribution in [2.24, 2.45) is 5.92 Å². The Labute approximate surface area is 128 Å². The van der Waals surface area contributed by atoms with Gasteiger partial charge in [-0.25, -0.2) is 0 Å². The maximum absolute atomic E-state index is 9.94. The molecule has 2 fully saturated rings. The summed E-state index contributed by atoms with van der Waals surface area (Å²) in [6.07, 6.45) is 4.96. The van der Waals surface area contributed by atoms with Gasteiger partial charge in [-0.3, -0.25) is 0 Å². The molecule has 2 aliphatic rings. The summed E-state index contributed by atoms with van der Waals surface area (Å²) >= 11 is 0. The number of benzene rings is 1. The normalized spacial score (nSPS) is 22.7. The molecule has 1 N–H and O–H groups in total. The minimum atomic E-state index is -0.386.